The average Bonchev–Trinajstić information content (AvgIpc) is 2.55. The first-order valence-electron chi connectivity index (χ1n) is 7.48. The molecule has 0 amide bonds. The Morgan fingerprint density at radius 3 is 2.70 bits per heavy atom. The normalized spacial score (nSPS) is 11.5. The van der Waals surface area contributed by atoms with Crippen LogP contribution in [-0.4, -0.2) is 20.1 Å². The summed E-state index contributed by atoms with van der Waals surface area (Å²) in [6.45, 7) is 5.98. The highest BCUT2D eigenvalue weighted by molar-refractivity contribution is 5.65. The lowest BCUT2D eigenvalue weighted by Crippen LogP contribution is -3.08. The number of benzene rings is 2. The zero-order valence-corrected chi connectivity index (χ0v) is 13.3. The lowest BCUT2D eigenvalue weighted by atomic mass is 10.1. The summed E-state index contributed by atoms with van der Waals surface area (Å²) in [5.41, 5.74) is 2.98. The van der Waals surface area contributed by atoms with Crippen molar-refractivity contribution in [3.63, 3.8) is 0 Å². The Hall–Kier alpha value is -2.57. The standard InChI is InChI=1S/C20H20FNO/c1-4-12-22(3)14-16(2)18-6-5-7-20(13-18)23-15-17-8-10-19(21)11-9-17/h1,5-11,13H,2,12,14-15H2,3H3/p+1. The molecule has 0 fully saturated rings. The fraction of sp³-hybridized carbons (Fsp3) is 0.200. The number of nitrogens with one attached hydrogen (secondary N) is 1. The van der Waals surface area contributed by atoms with Gasteiger partial charge in [-0.2, -0.15) is 0 Å². The molecule has 118 valence electrons. The number of hydrogen-bond acceptors (Lipinski definition) is 1. The van der Waals surface area contributed by atoms with Crippen LogP contribution >= 0.6 is 0 Å². The van der Waals surface area contributed by atoms with Gasteiger partial charge in [-0.25, -0.2) is 4.39 Å². The van der Waals surface area contributed by atoms with E-state index in [1.807, 2.05) is 31.3 Å². The Balaban J connectivity index is 1.98. The first kappa shape index (κ1) is 16.8. The van der Waals surface area contributed by atoms with Crippen molar-refractivity contribution in [3.8, 4) is 18.1 Å². The molecular formula is C20H21FNO+. The van der Waals surface area contributed by atoms with Crippen molar-refractivity contribution < 1.29 is 14.0 Å². The predicted molar refractivity (Wildman–Crippen MR) is 91.7 cm³/mol. The predicted octanol–water partition coefficient (Wildman–Crippen LogP) is 2.57. The molecule has 0 saturated heterocycles. The second kappa shape index (κ2) is 8.17. The van der Waals surface area contributed by atoms with Gasteiger partial charge in [0.1, 0.15) is 31.3 Å². The van der Waals surface area contributed by atoms with Crippen molar-refractivity contribution in [2.45, 2.75) is 6.61 Å². The Kier molecular flexibility index (Phi) is 5.96. The van der Waals surface area contributed by atoms with E-state index in [0.717, 1.165) is 29.0 Å². The highest BCUT2D eigenvalue weighted by Crippen LogP contribution is 2.19. The Bertz CT molecular complexity index is 700. The van der Waals surface area contributed by atoms with Gasteiger partial charge in [0.25, 0.3) is 0 Å². The van der Waals surface area contributed by atoms with E-state index >= 15 is 0 Å². The molecule has 0 radical (unpaired) electrons. The van der Waals surface area contributed by atoms with E-state index in [0.29, 0.717) is 13.2 Å². The molecular weight excluding hydrogens is 289 g/mol. The molecule has 0 aliphatic carbocycles. The molecule has 0 aliphatic heterocycles. The molecule has 0 heterocycles. The van der Waals surface area contributed by atoms with E-state index in [1.54, 1.807) is 12.1 Å². The summed E-state index contributed by atoms with van der Waals surface area (Å²) in [6, 6.07) is 14.1. The van der Waals surface area contributed by atoms with Crippen LogP contribution in [-0.2, 0) is 6.61 Å². The minimum absolute atomic E-state index is 0.245. The largest absolute Gasteiger partial charge is 0.489 e. The molecule has 2 aromatic rings. The molecule has 1 unspecified atom stereocenters. The molecule has 0 spiro atoms. The van der Waals surface area contributed by atoms with Crippen LogP contribution in [0.2, 0.25) is 0 Å². The average molecular weight is 310 g/mol. The van der Waals surface area contributed by atoms with E-state index in [1.165, 1.54) is 17.0 Å². The van der Waals surface area contributed by atoms with Gasteiger partial charge in [0.15, 0.2) is 0 Å². The Labute approximate surface area is 137 Å². The molecule has 1 atom stereocenters. The number of ether oxygens (including phenoxy) is 1. The van der Waals surface area contributed by atoms with E-state index in [4.69, 9.17) is 11.2 Å². The molecule has 2 nitrogen and oxygen atoms in total. The molecule has 2 aromatic carbocycles. The summed E-state index contributed by atoms with van der Waals surface area (Å²) in [4.78, 5) is 1.22. The highest BCUT2D eigenvalue weighted by Gasteiger charge is 2.07. The third kappa shape index (κ3) is 5.28. The van der Waals surface area contributed by atoms with Gasteiger partial charge in [0, 0.05) is 5.57 Å². The highest BCUT2D eigenvalue weighted by atomic mass is 19.1. The second-order valence-electron chi connectivity index (χ2n) is 5.56. The topological polar surface area (TPSA) is 13.7 Å². The lowest BCUT2D eigenvalue weighted by Gasteiger charge is -2.14. The van der Waals surface area contributed by atoms with Crippen molar-refractivity contribution in [1.82, 2.24) is 0 Å². The first-order valence-corrected chi connectivity index (χ1v) is 7.48. The number of quaternary nitrogens is 1. The maximum absolute atomic E-state index is 12.9. The minimum atomic E-state index is -0.245. The van der Waals surface area contributed by atoms with E-state index in [9.17, 15) is 4.39 Å². The lowest BCUT2D eigenvalue weighted by molar-refractivity contribution is -0.863. The summed E-state index contributed by atoms with van der Waals surface area (Å²) in [7, 11) is 2.04. The van der Waals surface area contributed by atoms with E-state index in [-0.39, 0.29) is 5.82 Å². The van der Waals surface area contributed by atoms with Gasteiger partial charge < -0.3 is 9.64 Å². The SMILES string of the molecule is C#CC[NH+](C)CC(=C)c1cccc(OCc2ccc(F)cc2)c1. The van der Waals surface area contributed by atoms with Gasteiger partial charge in [-0.1, -0.05) is 30.8 Å². The van der Waals surface area contributed by atoms with E-state index in [2.05, 4.69) is 12.5 Å². The molecule has 3 heteroatoms. The van der Waals surface area contributed by atoms with Gasteiger partial charge in [0.2, 0.25) is 0 Å². The van der Waals surface area contributed by atoms with Crippen molar-refractivity contribution in [2.75, 3.05) is 20.1 Å². The van der Waals surface area contributed by atoms with Crippen molar-refractivity contribution in [2.24, 2.45) is 0 Å². The van der Waals surface area contributed by atoms with Gasteiger partial charge in [-0.15, -0.1) is 6.42 Å². The molecule has 0 saturated carbocycles. The van der Waals surface area contributed by atoms with Gasteiger partial charge >= 0.3 is 0 Å². The number of halogens is 1. The summed E-state index contributed by atoms with van der Waals surface area (Å²) in [5.74, 6) is 3.17. The van der Waals surface area contributed by atoms with Gasteiger partial charge in [0.05, 0.1) is 7.05 Å². The van der Waals surface area contributed by atoms with Crippen LogP contribution in [0.4, 0.5) is 4.39 Å². The van der Waals surface area contributed by atoms with Crippen LogP contribution in [0.3, 0.4) is 0 Å². The smallest absolute Gasteiger partial charge is 0.139 e. The number of hydrogen-bond donors (Lipinski definition) is 1. The van der Waals surface area contributed by atoms with Crippen molar-refractivity contribution in [1.29, 1.82) is 0 Å². The van der Waals surface area contributed by atoms with Crippen LogP contribution in [0.5, 0.6) is 5.75 Å². The second-order valence-corrected chi connectivity index (χ2v) is 5.56. The van der Waals surface area contributed by atoms with Gasteiger partial charge in [-0.3, -0.25) is 0 Å². The summed E-state index contributed by atoms with van der Waals surface area (Å²) in [6.07, 6.45) is 5.33. The zero-order valence-electron chi connectivity index (χ0n) is 13.3. The molecule has 1 N–H and O–H groups in total. The minimum Gasteiger partial charge on any atom is -0.489 e. The number of likely N-dealkylation sites (N-methyl/N-ethyl adjacent to an activating group) is 1. The fourth-order valence-corrected chi connectivity index (χ4v) is 2.26. The molecule has 0 aromatic heterocycles. The molecule has 0 aliphatic rings. The molecule has 2 rings (SSSR count). The van der Waals surface area contributed by atoms with Crippen LogP contribution in [0.1, 0.15) is 11.1 Å². The first-order chi connectivity index (χ1) is 11.1. The summed E-state index contributed by atoms with van der Waals surface area (Å²) in [5, 5.41) is 0. The number of rotatable bonds is 7. The van der Waals surface area contributed by atoms with Crippen LogP contribution in [0, 0.1) is 18.2 Å². The summed E-state index contributed by atoms with van der Waals surface area (Å²) >= 11 is 0. The van der Waals surface area contributed by atoms with Crippen LogP contribution in [0.25, 0.3) is 5.57 Å². The monoisotopic (exact) mass is 310 g/mol. The number of terminal acetylenes is 1. The van der Waals surface area contributed by atoms with Gasteiger partial charge in [-0.05, 0) is 41.3 Å². The van der Waals surface area contributed by atoms with Crippen LogP contribution < -0.4 is 9.64 Å². The van der Waals surface area contributed by atoms with Crippen LogP contribution in [0.15, 0.2) is 55.1 Å². The maximum Gasteiger partial charge on any atom is 0.139 e. The molecule has 23 heavy (non-hydrogen) atoms. The quantitative estimate of drug-likeness (QED) is 0.776. The third-order valence-corrected chi connectivity index (χ3v) is 3.48. The van der Waals surface area contributed by atoms with E-state index < -0.39 is 0 Å². The zero-order chi connectivity index (χ0) is 16.7. The summed E-state index contributed by atoms with van der Waals surface area (Å²) < 4.78 is 18.7. The molecule has 0 bridgehead atoms. The van der Waals surface area contributed by atoms with Crippen molar-refractivity contribution >= 4 is 5.57 Å². The maximum atomic E-state index is 12.9. The Morgan fingerprint density at radius 1 is 1.26 bits per heavy atom. The van der Waals surface area contributed by atoms with Crippen molar-refractivity contribution in [3.05, 3.63) is 72.1 Å². The Morgan fingerprint density at radius 2 is 2.00 bits per heavy atom. The third-order valence-electron chi connectivity index (χ3n) is 3.48. The fourth-order valence-electron chi connectivity index (χ4n) is 2.26.